The van der Waals surface area contributed by atoms with E-state index in [0.29, 0.717) is 0 Å². The molecule has 0 saturated heterocycles. The number of rotatable bonds is 4. The highest BCUT2D eigenvalue weighted by Gasteiger charge is 2.08. The normalized spacial score (nSPS) is 11.2. The maximum Gasteiger partial charge on any atom is 0.331 e. The van der Waals surface area contributed by atoms with Crippen LogP contribution in [0.1, 0.15) is 25.0 Å². The van der Waals surface area contributed by atoms with Crippen molar-refractivity contribution in [2.45, 2.75) is 27.2 Å². The third-order valence-corrected chi connectivity index (χ3v) is 2.67. The predicted molar refractivity (Wildman–Crippen MR) is 70.6 cm³/mol. The Kier molecular flexibility index (Phi) is 4.66. The van der Waals surface area contributed by atoms with Gasteiger partial charge in [-0.1, -0.05) is 25.1 Å². The summed E-state index contributed by atoms with van der Waals surface area (Å²) in [6.07, 6.45) is 1.90. The second-order valence-corrected chi connectivity index (χ2v) is 4.08. The number of aryl methyl sites for hydroxylation is 2. The molecule has 0 aliphatic rings. The van der Waals surface area contributed by atoms with Crippen LogP contribution in [0.2, 0.25) is 0 Å². The highest BCUT2D eigenvalue weighted by Crippen LogP contribution is 2.21. The molecule has 0 radical (unpaired) electrons. The van der Waals surface area contributed by atoms with Gasteiger partial charge in [-0.2, -0.15) is 0 Å². The second kappa shape index (κ2) is 6.00. The second-order valence-electron chi connectivity index (χ2n) is 4.08. The summed E-state index contributed by atoms with van der Waals surface area (Å²) < 4.78 is 0. The van der Waals surface area contributed by atoms with Gasteiger partial charge in [0.15, 0.2) is 0 Å². The number of para-hydroxylation sites is 1. The molecule has 18 heavy (non-hydrogen) atoms. The standard InChI is InChI=1S/C14H17NO3/c1-4-11-7-5-6-9(2)13(11)15-12(16)8-10(3)14(17)18/h5-8H,4H2,1-3H3,(H,15,16)(H,17,18)/b10-8+. The van der Waals surface area contributed by atoms with Gasteiger partial charge in [0.2, 0.25) is 5.91 Å². The lowest BCUT2D eigenvalue weighted by atomic mass is 10.1. The third-order valence-electron chi connectivity index (χ3n) is 2.67. The summed E-state index contributed by atoms with van der Waals surface area (Å²) in [4.78, 5) is 22.3. The zero-order chi connectivity index (χ0) is 13.7. The van der Waals surface area contributed by atoms with E-state index in [9.17, 15) is 9.59 Å². The van der Waals surface area contributed by atoms with Crippen LogP contribution in [-0.4, -0.2) is 17.0 Å². The molecule has 0 saturated carbocycles. The van der Waals surface area contributed by atoms with Crippen LogP contribution in [0.4, 0.5) is 5.69 Å². The molecule has 1 amide bonds. The Hall–Kier alpha value is -2.10. The van der Waals surface area contributed by atoms with Crippen LogP contribution in [0.5, 0.6) is 0 Å². The average Bonchev–Trinajstić information content (AvgIpc) is 2.31. The summed E-state index contributed by atoms with van der Waals surface area (Å²) >= 11 is 0. The Bertz CT molecular complexity index is 504. The third kappa shape index (κ3) is 3.45. The minimum Gasteiger partial charge on any atom is -0.478 e. The van der Waals surface area contributed by atoms with E-state index in [-0.39, 0.29) is 5.57 Å². The number of hydrogen-bond donors (Lipinski definition) is 2. The lowest BCUT2D eigenvalue weighted by Gasteiger charge is -2.11. The van der Waals surface area contributed by atoms with Crippen LogP contribution in [0.25, 0.3) is 0 Å². The Morgan fingerprint density at radius 1 is 1.39 bits per heavy atom. The van der Waals surface area contributed by atoms with Crippen LogP contribution < -0.4 is 5.32 Å². The van der Waals surface area contributed by atoms with Crippen LogP contribution in [-0.2, 0) is 16.0 Å². The van der Waals surface area contributed by atoms with Crippen LogP contribution in [0.15, 0.2) is 29.8 Å². The smallest absolute Gasteiger partial charge is 0.331 e. The van der Waals surface area contributed by atoms with Crippen LogP contribution in [0, 0.1) is 6.92 Å². The number of aliphatic carboxylic acids is 1. The van der Waals surface area contributed by atoms with Crippen molar-refractivity contribution in [2.75, 3.05) is 5.32 Å². The molecule has 0 bridgehead atoms. The van der Waals surface area contributed by atoms with E-state index in [0.717, 1.165) is 29.3 Å². The summed E-state index contributed by atoms with van der Waals surface area (Å²) in [7, 11) is 0. The van der Waals surface area contributed by atoms with Gasteiger partial charge in [-0.15, -0.1) is 0 Å². The molecule has 2 N–H and O–H groups in total. The van der Waals surface area contributed by atoms with Gasteiger partial charge in [-0.05, 0) is 31.4 Å². The van der Waals surface area contributed by atoms with Gasteiger partial charge in [-0.25, -0.2) is 4.79 Å². The molecular formula is C14H17NO3. The quantitative estimate of drug-likeness (QED) is 0.803. The zero-order valence-electron chi connectivity index (χ0n) is 10.8. The van der Waals surface area contributed by atoms with Gasteiger partial charge >= 0.3 is 5.97 Å². The van der Waals surface area contributed by atoms with Crippen molar-refractivity contribution in [1.29, 1.82) is 0 Å². The molecule has 96 valence electrons. The maximum atomic E-state index is 11.7. The molecule has 0 aromatic heterocycles. The molecule has 0 heterocycles. The fraction of sp³-hybridized carbons (Fsp3) is 0.286. The molecule has 0 aliphatic heterocycles. The highest BCUT2D eigenvalue weighted by atomic mass is 16.4. The van der Waals surface area contributed by atoms with Gasteiger partial charge in [0.05, 0.1) is 0 Å². The number of anilines is 1. The van der Waals surface area contributed by atoms with Gasteiger partial charge in [0.1, 0.15) is 0 Å². The number of nitrogens with one attached hydrogen (secondary N) is 1. The van der Waals surface area contributed by atoms with E-state index in [4.69, 9.17) is 5.11 Å². The molecular weight excluding hydrogens is 230 g/mol. The van der Waals surface area contributed by atoms with Crippen molar-refractivity contribution in [3.8, 4) is 0 Å². The largest absolute Gasteiger partial charge is 0.478 e. The lowest BCUT2D eigenvalue weighted by Crippen LogP contribution is -2.13. The summed E-state index contributed by atoms with van der Waals surface area (Å²) in [5.41, 5.74) is 2.77. The average molecular weight is 247 g/mol. The fourth-order valence-corrected chi connectivity index (χ4v) is 1.62. The SMILES string of the molecule is CCc1cccc(C)c1NC(=O)/C=C(\C)C(=O)O. The van der Waals surface area contributed by atoms with E-state index >= 15 is 0 Å². The summed E-state index contributed by atoms with van der Waals surface area (Å²) in [5.74, 6) is -1.51. The van der Waals surface area contributed by atoms with Gasteiger partial charge in [0.25, 0.3) is 0 Å². The van der Waals surface area contributed by atoms with Gasteiger partial charge < -0.3 is 10.4 Å². The van der Waals surface area contributed by atoms with E-state index in [2.05, 4.69) is 5.32 Å². The minimum absolute atomic E-state index is 0.0131. The molecule has 0 spiro atoms. The zero-order valence-corrected chi connectivity index (χ0v) is 10.8. The summed E-state index contributed by atoms with van der Waals surface area (Å²) in [6, 6.07) is 5.78. The number of amides is 1. The molecule has 0 aliphatic carbocycles. The Balaban J connectivity index is 2.95. The van der Waals surface area contributed by atoms with Crippen molar-refractivity contribution < 1.29 is 14.7 Å². The molecule has 0 unspecified atom stereocenters. The fourth-order valence-electron chi connectivity index (χ4n) is 1.62. The first-order chi connectivity index (χ1) is 8.45. The van der Waals surface area contributed by atoms with Crippen molar-refractivity contribution in [1.82, 2.24) is 0 Å². The first-order valence-corrected chi connectivity index (χ1v) is 5.76. The predicted octanol–water partition coefficient (Wildman–Crippen LogP) is 2.53. The topological polar surface area (TPSA) is 66.4 Å². The summed E-state index contributed by atoms with van der Waals surface area (Å²) in [5, 5.41) is 11.4. The van der Waals surface area contributed by atoms with E-state index in [1.807, 2.05) is 32.0 Å². The molecule has 1 aromatic carbocycles. The van der Waals surface area contributed by atoms with Gasteiger partial charge in [-0.3, -0.25) is 4.79 Å². The monoisotopic (exact) mass is 247 g/mol. The van der Waals surface area contributed by atoms with Gasteiger partial charge in [0, 0.05) is 17.3 Å². The molecule has 4 heteroatoms. The summed E-state index contributed by atoms with van der Waals surface area (Å²) in [6.45, 7) is 5.30. The highest BCUT2D eigenvalue weighted by molar-refractivity contribution is 6.04. The molecule has 0 atom stereocenters. The number of carboxylic acid groups (broad SMARTS) is 1. The van der Waals surface area contributed by atoms with Crippen LogP contribution >= 0.6 is 0 Å². The molecule has 1 rings (SSSR count). The first kappa shape index (κ1) is 14.0. The van der Waals surface area contributed by atoms with E-state index in [1.54, 1.807) is 0 Å². The Morgan fingerprint density at radius 3 is 2.61 bits per heavy atom. The first-order valence-electron chi connectivity index (χ1n) is 5.76. The van der Waals surface area contributed by atoms with Crippen molar-refractivity contribution >= 4 is 17.6 Å². The number of hydrogen-bond acceptors (Lipinski definition) is 2. The number of benzene rings is 1. The van der Waals surface area contributed by atoms with Crippen molar-refractivity contribution in [2.24, 2.45) is 0 Å². The number of carbonyl (C=O) groups excluding carboxylic acids is 1. The lowest BCUT2D eigenvalue weighted by molar-refractivity contribution is -0.132. The van der Waals surface area contributed by atoms with Crippen molar-refractivity contribution in [3.63, 3.8) is 0 Å². The number of carbonyl (C=O) groups is 2. The van der Waals surface area contributed by atoms with E-state index in [1.165, 1.54) is 6.92 Å². The van der Waals surface area contributed by atoms with Crippen LogP contribution in [0.3, 0.4) is 0 Å². The number of carboxylic acids is 1. The van der Waals surface area contributed by atoms with E-state index < -0.39 is 11.9 Å². The minimum atomic E-state index is -1.09. The molecule has 0 fully saturated rings. The molecule has 4 nitrogen and oxygen atoms in total. The Morgan fingerprint density at radius 2 is 2.06 bits per heavy atom. The Labute approximate surface area is 106 Å². The maximum absolute atomic E-state index is 11.7. The molecule has 1 aromatic rings. The van der Waals surface area contributed by atoms with Crippen molar-refractivity contribution in [3.05, 3.63) is 41.0 Å².